The van der Waals surface area contributed by atoms with Gasteiger partial charge in [-0.25, -0.2) is 9.78 Å². The minimum absolute atomic E-state index is 0.120. The van der Waals surface area contributed by atoms with E-state index in [1.807, 2.05) is 30.6 Å². The van der Waals surface area contributed by atoms with Crippen molar-refractivity contribution in [2.75, 3.05) is 44.8 Å². The number of ether oxygens (including phenoxy) is 1. The number of hydrogen-bond donors (Lipinski definition) is 3. The molecule has 0 aromatic carbocycles. The molecular weight excluding hydrogens is 613 g/mol. The minimum Gasteiger partial charge on any atom is -0.503 e. The van der Waals surface area contributed by atoms with Crippen molar-refractivity contribution in [2.24, 2.45) is 5.41 Å². The number of nitrogens with zero attached hydrogens (tertiary/aromatic N) is 4. The van der Waals surface area contributed by atoms with Crippen LogP contribution in [0.15, 0.2) is 57.8 Å². The summed E-state index contributed by atoms with van der Waals surface area (Å²) in [5.41, 5.74) is 9.29. The van der Waals surface area contributed by atoms with Crippen molar-refractivity contribution in [1.29, 1.82) is 0 Å². The number of piperidine rings is 3. The SMILES string of the molecule is C/C=C1\C(NC(=O)/C(=C/CC)c2csc(N)n2)C2SCC(C[N+]34CCC(Cn5ccc(=O)c(O)c5)(CC3)CC4)=C(C(=O)OC)N12. The molecule has 0 spiro atoms. The number of allylic oxidation sites excluding steroid dienone is 2. The van der Waals surface area contributed by atoms with E-state index in [4.69, 9.17) is 10.5 Å². The number of nitrogens with one attached hydrogen (secondary N) is 1. The largest absolute Gasteiger partial charge is 0.503 e. The number of anilines is 1. The molecular formula is C32H41N6O5S2+. The van der Waals surface area contributed by atoms with Crippen LogP contribution in [0.1, 0.15) is 45.2 Å². The maximum atomic E-state index is 13.5. The maximum Gasteiger partial charge on any atom is 0.354 e. The quantitative estimate of drug-likeness (QED) is 0.211. The van der Waals surface area contributed by atoms with Crippen LogP contribution in [0.5, 0.6) is 5.75 Å². The molecule has 240 valence electrons. The van der Waals surface area contributed by atoms with Crippen molar-refractivity contribution >= 4 is 45.7 Å². The molecule has 4 N–H and O–H groups in total. The molecule has 5 aliphatic rings. The zero-order valence-electron chi connectivity index (χ0n) is 26.0. The molecule has 2 unspecified atom stereocenters. The molecule has 0 aliphatic carbocycles. The smallest absolute Gasteiger partial charge is 0.354 e. The topological polar surface area (TPSA) is 140 Å². The summed E-state index contributed by atoms with van der Waals surface area (Å²) in [4.78, 5) is 44.9. The Bertz CT molecular complexity index is 1630. The number of methoxy groups -OCH3 is 1. The summed E-state index contributed by atoms with van der Waals surface area (Å²) in [6, 6.07) is 1.17. The van der Waals surface area contributed by atoms with Crippen LogP contribution in [-0.4, -0.2) is 86.4 Å². The standard InChI is InChI=1S/C32H40N6O5S2/c1-4-6-21(22-18-45-31(33)34-22)28(41)35-26-23(5-2)37-27(30(42)43-3)20(17-44-29(26)37)16-38-12-8-32(9-13-38,10-14-38)19-36-11-7-24(39)25(40)15-36/h5-7,11,15,18,26,29H,4,8-10,12-14,16-17,19H2,1-3H3,(H3-,33,34,35,40,41)/p+1/b21-6+,23-5+. The van der Waals surface area contributed by atoms with Crippen molar-refractivity contribution in [3.05, 3.63) is 68.9 Å². The number of thiazole rings is 1. The lowest BCUT2D eigenvalue weighted by molar-refractivity contribution is -0.941. The Morgan fingerprint density at radius 1 is 1.29 bits per heavy atom. The molecule has 2 aromatic heterocycles. The highest BCUT2D eigenvalue weighted by molar-refractivity contribution is 8.00. The van der Waals surface area contributed by atoms with Crippen molar-refractivity contribution in [3.8, 4) is 5.75 Å². The average molecular weight is 654 g/mol. The van der Waals surface area contributed by atoms with Crippen LogP contribution in [0, 0.1) is 5.41 Å². The predicted octanol–water partition coefficient (Wildman–Crippen LogP) is 3.29. The maximum absolute atomic E-state index is 13.5. The average Bonchev–Trinajstić information content (AvgIpc) is 3.47. The van der Waals surface area contributed by atoms with E-state index in [0.717, 1.165) is 67.7 Å². The monoisotopic (exact) mass is 653 g/mol. The second-order valence-electron chi connectivity index (χ2n) is 12.6. The fourth-order valence-corrected chi connectivity index (χ4v) is 9.38. The Hall–Kier alpha value is -3.55. The van der Waals surface area contributed by atoms with E-state index in [-0.39, 0.29) is 39.9 Å². The molecule has 2 bridgehead atoms. The number of quaternary nitrogens is 1. The molecule has 45 heavy (non-hydrogen) atoms. The van der Waals surface area contributed by atoms with E-state index >= 15 is 0 Å². The third kappa shape index (κ3) is 5.81. The number of nitrogen functional groups attached to an aromatic ring is 1. The number of nitrogens with two attached hydrogens (primary N) is 1. The van der Waals surface area contributed by atoms with Gasteiger partial charge in [0.05, 0.1) is 44.1 Å². The van der Waals surface area contributed by atoms with E-state index in [2.05, 4.69) is 15.2 Å². The molecule has 0 saturated carbocycles. The van der Waals surface area contributed by atoms with Gasteiger partial charge in [0.1, 0.15) is 17.6 Å². The summed E-state index contributed by atoms with van der Waals surface area (Å²) in [7, 11) is 1.43. The summed E-state index contributed by atoms with van der Waals surface area (Å²) in [6.07, 6.45) is 11.0. The van der Waals surface area contributed by atoms with Crippen LogP contribution in [0.25, 0.3) is 5.57 Å². The van der Waals surface area contributed by atoms with Crippen molar-refractivity contribution in [1.82, 2.24) is 19.8 Å². The number of aromatic nitrogens is 2. The number of hydrogen-bond acceptors (Lipinski definition) is 10. The lowest BCUT2D eigenvalue weighted by Crippen LogP contribution is -2.66. The van der Waals surface area contributed by atoms with Crippen molar-refractivity contribution in [2.45, 2.75) is 57.5 Å². The Balaban J connectivity index is 1.18. The number of thioether (sulfide) groups is 1. The van der Waals surface area contributed by atoms with E-state index in [1.54, 1.807) is 29.5 Å². The van der Waals surface area contributed by atoms with Crippen LogP contribution < -0.4 is 16.5 Å². The minimum atomic E-state index is -0.356. The van der Waals surface area contributed by atoms with E-state index < -0.39 is 0 Å². The van der Waals surface area contributed by atoms with Gasteiger partial charge in [-0.2, -0.15) is 0 Å². The van der Waals surface area contributed by atoms with Gasteiger partial charge in [-0.05, 0) is 13.3 Å². The highest BCUT2D eigenvalue weighted by Crippen LogP contribution is 2.49. The zero-order chi connectivity index (χ0) is 31.9. The molecule has 7 heterocycles. The van der Waals surface area contributed by atoms with Crippen LogP contribution in [0.4, 0.5) is 5.13 Å². The second-order valence-corrected chi connectivity index (χ2v) is 14.6. The summed E-state index contributed by atoms with van der Waals surface area (Å²) >= 11 is 3.06. The first-order chi connectivity index (χ1) is 21.6. The number of esters is 1. The fourth-order valence-electron chi connectivity index (χ4n) is 7.44. The van der Waals surface area contributed by atoms with Gasteiger partial charge < -0.3 is 34.8 Å². The van der Waals surface area contributed by atoms with Gasteiger partial charge in [0.15, 0.2) is 10.9 Å². The van der Waals surface area contributed by atoms with Crippen LogP contribution in [0.3, 0.4) is 0 Å². The summed E-state index contributed by atoms with van der Waals surface area (Å²) in [6.45, 7) is 8.53. The van der Waals surface area contributed by atoms with Gasteiger partial charge in [-0.15, -0.1) is 23.1 Å². The second kappa shape index (κ2) is 12.3. The van der Waals surface area contributed by atoms with Gasteiger partial charge in [-0.3, -0.25) is 9.59 Å². The predicted molar refractivity (Wildman–Crippen MR) is 176 cm³/mol. The number of carbonyl (C=O) groups is 2. The summed E-state index contributed by atoms with van der Waals surface area (Å²) in [5, 5.41) is 15.2. The third-order valence-corrected chi connectivity index (χ3v) is 11.9. The molecule has 5 aliphatic heterocycles. The number of amides is 1. The fraction of sp³-hybridized carbons (Fsp3) is 0.500. The molecule has 13 heteroatoms. The van der Waals surface area contributed by atoms with E-state index in [1.165, 1.54) is 24.5 Å². The first-order valence-electron chi connectivity index (χ1n) is 15.5. The number of fused-ring (bicyclic) bond motifs is 4. The summed E-state index contributed by atoms with van der Waals surface area (Å²) in [5.74, 6) is -0.0702. The normalized spacial score (nSPS) is 28.6. The van der Waals surface area contributed by atoms with Crippen LogP contribution in [0.2, 0.25) is 0 Å². The van der Waals surface area contributed by atoms with Gasteiger partial charge in [0.2, 0.25) is 5.43 Å². The third-order valence-electron chi connectivity index (χ3n) is 9.90. The number of carbonyl (C=O) groups excluding carboxylic acids is 2. The molecule has 4 saturated heterocycles. The zero-order valence-corrected chi connectivity index (χ0v) is 27.6. The first-order valence-corrected chi connectivity index (χ1v) is 17.4. The molecule has 0 radical (unpaired) electrons. The Labute approximate surface area is 271 Å². The highest BCUT2D eigenvalue weighted by Gasteiger charge is 2.54. The molecule has 2 atom stereocenters. The molecule has 4 fully saturated rings. The van der Waals surface area contributed by atoms with Gasteiger partial charge in [-0.1, -0.05) is 19.1 Å². The van der Waals surface area contributed by atoms with Gasteiger partial charge >= 0.3 is 5.97 Å². The van der Waals surface area contributed by atoms with Gasteiger partial charge in [0.25, 0.3) is 5.91 Å². The number of aromatic hydroxyl groups is 1. The lowest BCUT2D eigenvalue weighted by atomic mass is 9.70. The molecule has 1 amide bonds. The molecule has 11 nitrogen and oxygen atoms in total. The van der Waals surface area contributed by atoms with Crippen LogP contribution >= 0.6 is 23.1 Å². The van der Waals surface area contributed by atoms with Crippen molar-refractivity contribution < 1.29 is 23.9 Å². The van der Waals surface area contributed by atoms with Gasteiger partial charge in [0, 0.05) is 72.1 Å². The van der Waals surface area contributed by atoms with E-state index in [9.17, 15) is 19.5 Å². The summed E-state index contributed by atoms with van der Waals surface area (Å²) < 4.78 is 8.23. The first kappa shape index (κ1) is 31.4. The Morgan fingerprint density at radius 3 is 2.62 bits per heavy atom. The molecule has 2 aromatic rings. The van der Waals surface area contributed by atoms with Crippen LogP contribution in [-0.2, 0) is 20.9 Å². The highest BCUT2D eigenvalue weighted by atomic mass is 32.2. The number of pyridine rings is 1. The van der Waals surface area contributed by atoms with E-state index in [0.29, 0.717) is 34.3 Å². The number of rotatable bonds is 9. The van der Waals surface area contributed by atoms with Crippen molar-refractivity contribution in [3.63, 3.8) is 0 Å². The lowest BCUT2D eigenvalue weighted by Gasteiger charge is -2.57. The Kier molecular flexibility index (Phi) is 8.61. The Morgan fingerprint density at radius 2 is 2.02 bits per heavy atom. The molecule has 7 rings (SSSR count).